The Morgan fingerprint density at radius 2 is 1.81 bits per heavy atom. The molecule has 6 nitrogen and oxygen atoms in total. The van der Waals surface area contributed by atoms with Gasteiger partial charge in [-0.25, -0.2) is 4.98 Å². The molecule has 0 bridgehead atoms. The fourth-order valence-corrected chi connectivity index (χ4v) is 1.57. The van der Waals surface area contributed by atoms with E-state index < -0.39 is 9.70 Å². The van der Waals surface area contributed by atoms with Crippen molar-refractivity contribution in [1.82, 2.24) is 20.6 Å². The van der Waals surface area contributed by atoms with Crippen LogP contribution >= 0.6 is 46.4 Å². The minimum absolute atomic E-state index is 0.0463. The lowest BCUT2D eigenvalue weighted by molar-refractivity contribution is -0.119. The van der Waals surface area contributed by atoms with E-state index in [1.807, 2.05) is 0 Å². The number of benzene rings is 1. The molecular weight excluding hydrogens is 360 g/mol. The highest BCUT2D eigenvalue weighted by Gasteiger charge is 2.30. The van der Waals surface area contributed by atoms with Gasteiger partial charge in [-0.05, 0) is 12.1 Å². The van der Waals surface area contributed by atoms with E-state index in [0.29, 0.717) is 10.7 Å². The van der Waals surface area contributed by atoms with Crippen molar-refractivity contribution < 1.29 is 4.79 Å². The smallest absolute Gasteiger partial charge is 0.268 e. The number of carbonyl (C=O) groups is 1. The summed E-state index contributed by atoms with van der Waals surface area (Å²) in [4.78, 5) is 15.5. The van der Waals surface area contributed by atoms with Crippen LogP contribution in [0.15, 0.2) is 30.5 Å². The van der Waals surface area contributed by atoms with Crippen molar-refractivity contribution in [1.29, 1.82) is 0 Å². The van der Waals surface area contributed by atoms with E-state index in [9.17, 15) is 4.79 Å². The number of carbonyl (C=O) groups excluding carboxylic acids is 1. The first-order valence-electron chi connectivity index (χ1n) is 5.45. The third-order valence-corrected chi connectivity index (χ3v) is 3.01. The van der Waals surface area contributed by atoms with Gasteiger partial charge in [-0.2, -0.15) is 5.10 Å². The molecule has 0 radical (unpaired) electrons. The predicted octanol–water partition coefficient (Wildman–Crippen LogP) is 3.01. The molecule has 1 aromatic carbocycles. The molecule has 21 heavy (non-hydrogen) atoms. The lowest BCUT2D eigenvalue weighted by atomic mass is 10.2. The summed E-state index contributed by atoms with van der Waals surface area (Å²) < 4.78 is -2.09. The summed E-state index contributed by atoms with van der Waals surface area (Å²) in [6.45, 7) is 0. The Bertz CT molecular complexity index is 644. The maximum absolute atomic E-state index is 11.4. The normalized spacial score (nSPS) is 11.0. The summed E-state index contributed by atoms with van der Waals surface area (Å²) in [6.07, 6.45) is 1.46. The summed E-state index contributed by atoms with van der Waals surface area (Å²) in [6, 6.07) is 6.99. The Morgan fingerprint density at radius 3 is 2.43 bits per heavy atom. The van der Waals surface area contributed by atoms with Crippen LogP contribution in [0.5, 0.6) is 0 Å². The highest BCUT2D eigenvalue weighted by Crippen LogP contribution is 2.25. The summed E-state index contributed by atoms with van der Waals surface area (Å²) >= 11 is 22.0. The molecule has 2 N–H and O–H groups in total. The number of hydrogen-bond donors (Lipinski definition) is 2. The van der Waals surface area contributed by atoms with Crippen LogP contribution in [0.25, 0.3) is 11.3 Å². The molecule has 0 saturated heterocycles. The molecule has 0 fully saturated rings. The highest BCUT2D eigenvalue weighted by molar-refractivity contribution is 6.76. The number of halogens is 4. The third-order valence-electron chi connectivity index (χ3n) is 2.24. The summed E-state index contributed by atoms with van der Waals surface area (Å²) in [5, 5.41) is 8.07. The number of hydrazine groups is 1. The van der Waals surface area contributed by atoms with E-state index in [4.69, 9.17) is 46.4 Å². The van der Waals surface area contributed by atoms with Gasteiger partial charge < -0.3 is 0 Å². The van der Waals surface area contributed by atoms with E-state index in [-0.39, 0.29) is 5.95 Å². The SMILES string of the molecule is O=C(NNc1nncc(-c2ccc(Cl)cc2)n1)C(Cl)(Cl)Cl. The number of alkyl halides is 3. The number of nitrogens with zero attached hydrogens (tertiary/aromatic N) is 3. The summed E-state index contributed by atoms with van der Waals surface area (Å²) in [5.41, 5.74) is 5.88. The second-order valence-electron chi connectivity index (χ2n) is 3.75. The Balaban J connectivity index is 2.11. The molecule has 0 aliphatic rings. The number of rotatable bonds is 3. The van der Waals surface area contributed by atoms with Crippen LogP contribution in [0.3, 0.4) is 0 Å². The molecule has 10 heteroatoms. The van der Waals surface area contributed by atoms with Gasteiger partial charge in [-0.1, -0.05) is 58.5 Å². The molecule has 0 aliphatic heterocycles. The fraction of sp³-hybridized carbons (Fsp3) is 0.0909. The highest BCUT2D eigenvalue weighted by atomic mass is 35.6. The number of hydrogen-bond acceptors (Lipinski definition) is 5. The van der Waals surface area contributed by atoms with Crippen molar-refractivity contribution in [3.63, 3.8) is 0 Å². The van der Waals surface area contributed by atoms with Crippen LogP contribution in [0, 0.1) is 0 Å². The van der Waals surface area contributed by atoms with Gasteiger partial charge in [0.15, 0.2) is 0 Å². The Morgan fingerprint density at radius 1 is 1.14 bits per heavy atom. The van der Waals surface area contributed by atoms with Crippen molar-refractivity contribution in [2.75, 3.05) is 5.43 Å². The monoisotopic (exact) mass is 365 g/mol. The van der Waals surface area contributed by atoms with Gasteiger partial charge in [0.05, 0.1) is 11.9 Å². The van der Waals surface area contributed by atoms with Crippen molar-refractivity contribution in [3.8, 4) is 11.3 Å². The summed E-state index contributed by atoms with van der Waals surface area (Å²) in [5.74, 6) is -0.821. The minimum atomic E-state index is -2.09. The van der Waals surface area contributed by atoms with Crippen molar-refractivity contribution in [2.45, 2.75) is 3.79 Å². The maximum atomic E-state index is 11.4. The minimum Gasteiger partial charge on any atom is -0.268 e. The number of amides is 1. The van der Waals surface area contributed by atoms with Gasteiger partial charge in [0.25, 0.3) is 15.6 Å². The zero-order valence-electron chi connectivity index (χ0n) is 10.1. The molecule has 1 heterocycles. The quantitative estimate of drug-likeness (QED) is 0.644. The van der Waals surface area contributed by atoms with Crippen LogP contribution in [-0.2, 0) is 4.79 Å². The van der Waals surface area contributed by atoms with E-state index in [1.54, 1.807) is 24.3 Å². The fourth-order valence-electron chi connectivity index (χ4n) is 1.30. The number of aromatic nitrogens is 3. The molecule has 110 valence electrons. The molecule has 0 aliphatic carbocycles. The average Bonchev–Trinajstić information content (AvgIpc) is 2.45. The molecule has 0 unspecified atom stereocenters. The maximum Gasteiger partial charge on any atom is 0.290 e. The van der Waals surface area contributed by atoms with Crippen LogP contribution in [-0.4, -0.2) is 24.9 Å². The van der Waals surface area contributed by atoms with Crippen LogP contribution in [0.2, 0.25) is 5.02 Å². The molecule has 0 saturated carbocycles. The number of nitrogens with one attached hydrogen (secondary N) is 2. The van der Waals surface area contributed by atoms with Gasteiger partial charge in [-0.15, -0.1) is 5.10 Å². The standard InChI is InChI=1S/C11H7Cl4N5O/c12-7-3-1-6(2-4-7)8-5-16-19-10(17-8)20-18-9(21)11(13,14)15/h1-5H,(H,18,21)(H,17,19,20). The van der Waals surface area contributed by atoms with Crippen LogP contribution in [0.1, 0.15) is 0 Å². The predicted molar refractivity (Wildman–Crippen MR) is 82.3 cm³/mol. The van der Waals surface area contributed by atoms with Crippen LogP contribution < -0.4 is 10.9 Å². The molecule has 1 aromatic heterocycles. The van der Waals surface area contributed by atoms with E-state index in [2.05, 4.69) is 26.0 Å². The van der Waals surface area contributed by atoms with Crippen LogP contribution in [0.4, 0.5) is 5.95 Å². The van der Waals surface area contributed by atoms with Crippen molar-refractivity contribution >= 4 is 58.3 Å². The topological polar surface area (TPSA) is 79.8 Å². The van der Waals surface area contributed by atoms with E-state index >= 15 is 0 Å². The van der Waals surface area contributed by atoms with Gasteiger partial charge in [0, 0.05) is 10.6 Å². The third kappa shape index (κ3) is 4.57. The Labute approximate surface area is 139 Å². The lowest BCUT2D eigenvalue weighted by Gasteiger charge is -2.12. The molecule has 2 rings (SSSR count). The first-order chi connectivity index (χ1) is 9.86. The second-order valence-corrected chi connectivity index (χ2v) is 6.47. The Kier molecular flexibility index (Phi) is 5.05. The van der Waals surface area contributed by atoms with Crippen molar-refractivity contribution in [2.24, 2.45) is 0 Å². The zero-order chi connectivity index (χ0) is 15.5. The molecule has 2 aromatic rings. The van der Waals surface area contributed by atoms with E-state index in [0.717, 1.165) is 5.56 Å². The lowest BCUT2D eigenvalue weighted by Crippen LogP contribution is -2.38. The Hall–Kier alpha value is -1.34. The average molecular weight is 367 g/mol. The van der Waals surface area contributed by atoms with Gasteiger partial charge in [-0.3, -0.25) is 15.6 Å². The van der Waals surface area contributed by atoms with Gasteiger partial charge >= 0.3 is 0 Å². The first-order valence-corrected chi connectivity index (χ1v) is 6.96. The summed E-state index contributed by atoms with van der Waals surface area (Å²) in [7, 11) is 0. The zero-order valence-corrected chi connectivity index (χ0v) is 13.2. The van der Waals surface area contributed by atoms with E-state index in [1.165, 1.54) is 6.20 Å². The molecule has 1 amide bonds. The number of anilines is 1. The first kappa shape index (κ1) is 16.0. The molecular formula is C11H7Cl4N5O. The van der Waals surface area contributed by atoms with Gasteiger partial charge in [0.1, 0.15) is 0 Å². The van der Waals surface area contributed by atoms with Crippen molar-refractivity contribution in [3.05, 3.63) is 35.5 Å². The molecule has 0 spiro atoms. The molecule has 0 atom stereocenters. The second kappa shape index (κ2) is 6.62. The largest absolute Gasteiger partial charge is 0.290 e. The van der Waals surface area contributed by atoms with Gasteiger partial charge in [0.2, 0.25) is 0 Å².